The molecule has 0 amide bonds. The summed E-state index contributed by atoms with van der Waals surface area (Å²) in [5.41, 5.74) is 2.92. The van der Waals surface area contributed by atoms with Crippen LogP contribution >= 0.6 is 23.2 Å². The van der Waals surface area contributed by atoms with E-state index in [1.165, 1.54) is 0 Å². The fourth-order valence-corrected chi connectivity index (χ4v) is 3.79. The molecule has 2 aromatic rings. The zero-order chi connectivity index (χ0) is 17.3. The van der Waals surface area contributed by atoms with Crippen molar-refractivity contribution < 1.29 is 9.47 Å². The van der Waals surface area contributed by atoms with Gasteiger partial charge in [0.15, 0.2) is 17.7 Å². The van der Waals surface area contributed by atoms with Gasteiger partial charge in [-0.05, 0) is 41.8 Å². The number of nitriles is 1. The Morgan fingerprint density at radius 2 is 1.83 bits per heavy atom. The lowest BCUT2D eigenvalue weighted by molar-refractivity contribution is 0.301. The monoisotopic (exact) mass is 362 g/mol. The fraction of sp³-hybridized carbons (Fsp3) is 0.278. The van der Waals surface area contributed by atoms with Gasteiger partial charge in [0.2, 0.25) is 0 Å². The summed E-state index contributed by atoms with van der Waals surface area (Å²) in [7, 11) is 3.24. The second-order valence-corrected chi connectivity index (χ2v) is 6.39. The van der Waals surface area contributed by atoms with E-state index in [0.29, 0.717) is 34.5 Å². The molecule has 1 unspecified atom stereocenters. The Morgan fingerprint density at radius 1 is 1.12 bits per heavy atom. The number of hydrogen-bond donors (Lipinski definition) is 0. The molecule has 1 heterocycles. The van der Waals surface area contributed by atoms with Crippen molar-refractivity contribution in [2.75, 3.05) is 20.8 Å². The van der Waals surface area contributed by atoms with Crippen molar-refractivity contribution >= 4 is 23.2 Å². The van der Waals surface area contributed by atoms with Crippen LogP contribution in [0.2, 0.25) is 10.0 Å². The Morgan fingerprint density at radius 3 is 2.42 bits per heavy atom. The highest BCUT2D eigenvalue weighted by atomic mass is 35.5. The lowest BCUT2D eigenvalue weighted by Crippen LogP contribution is -2.32. The van der Waals surface area contributed by atoms with E-state index >= 15 is 0 Å². The van der Waals surface area contributed by atoms with Gasteiger partial charge in [-0.2, -0.15) is 5.26 Å². The first-order valence-corrected chi connectivity index (χ1v) is 8.20. The second kappa shape index (κ2) is 6.80. The molecule has 0 saturated carbocycles. The van der Waals surface area contributed by atoms with Crippen molar-refractivity contribution in [2.24, 2.45) is 0 Å². The van der Waals surface area contributed by atoms with Crippen molar-refractivity contribution in [3.63, 3.8) is 0 Å². The van der Waals surface area contributed by atoms with Crippen molar-refractivity contribution in [1.82, 2.24) is 4.90 Å². The van der Waals surface area contributed by atoms with Crippen LogP contribution in [0.5, 0.6) is 11.5 Å². The van der Waals surface area contributed by atoms with E-state index in [0.717, 1.165) is 16.7 Å². The van der Waals surface area contributed by atoms with E-state index in [1.54, 1.807) is 25.2 Å². The summed E-state index contributed by atoms with van der Waals surface area (Å²) < 4.78 is 10.9. The summed E-state index contributed by atoms with van der Waals surface area (Å²) in [6, 6.07) is 8.94. The van der Waals surface area contributed by atoms with Crippen molar-refractivity contribution in [1.29, 1.82) is 5.26 Å². The number of benzene rings is 2. The number of halogens is 2. The molecule has 0 aromatic heterocycles. The van der Waals surface area contributed by atoms with Crippen LogP contribution in [0.25, 0.3) is 0 Å². The Kier molecular flexibility index (Phi) is 4.75. The van der Waals surface area contributed by atoms with Gasteiger partial charge in [0.05, 0.1) is 20.3 Å². The number of ether oxygens (including phenoxy) is 2. The maximum absolute atomic E-state index is 9.57. The molecule has 1 aliphatic rings. The van der Waals surface area contributed by atoms with E-state index < -0.39 is 0 Å². The molecule has 0 spiro atoms. The molecular formula is C18H16Cl2N2O2. The lowest BCUT2D eigenvalue weighted by atomic mass is 9.87. The van der Waals surface area contributed by atoms with E-state index in [9.17, 15) is 5.26 Å². The standard InChI is InChI=1S/C18H16Cl2N2O2/c1-23-16-4-3-14-15(18(16)24-2)5-6-22(10-21)17(14)11-7-12(19)9-13(20)8-11/h3-4,7-9,17H,5-6H2,1-2H3. The zero-order valence-corrected chi connectivity index (χ0v) is 14.9. The van der Waals surface area contributed by atoms with E-state index in [2.05, 4.69) is 6.19 Å². The van der Waals surface area contributed by atoms with Gasteiger partial charge < -0.3 is 9.47 Å². The minimum Gasteiger partial charge on any atom is -0.493 e. The van der Waals surface area contributed by atoms with Gasteiger partial charge in [-0.15, -0.1) is 0 Å². The Hall–Kier alpha value is -2.09. The number of rotatable bonds is 3. The van der Waals surface area contributed by atoms with Gasteiger partial charge in [-0.1, -0.05) is 29.3 Å². The highest BCUT2D eigenvalue weighted by Crippen LogP contribution is 2.43. The molecule has 0 aliphatic carbocycles. The average Bonchev–Trinajstić information content (AvgIpc) is 2.58. The number of methoxy groups -OCH3 is 2. The van der Waals surface area contributed by atoms with Crippen LogP contribution in [0.3, 0.4) is 0 Å². The molecule has 6 heteroatoms. The van der Waals surface area contributed by atoms with Crippen LogP contribution in [0.15, 0.2) is 30.3 Å². The van der Waals surface area contributed by atoms with Gasteiger partial charge in [0.25, 0.3) is 0 Å². The average molecular weight is 363 g/mol. The summed E-state index contributed by atoms with van der Waals surface area (Å²) in [6.45, 7) is 0.585. The van der Waals surface area contributed by atoms with Crippen LogP contribution in [-0.4, -0.2) is 25.7 Å². The largest absolute Gasteiger partial charge is 0.493 e. The van der Waals surface area contributed by atoms with E-state index in [-0.39, 0.29) is 6.04 Å². The van der Waals surface area contributed by atoms with Gasteiger partial charge in [-0.3, -0.25) is 4.90 Å². The van der Waals surface area contributed by atoms with E-state index in [4.69, 9.17) is 32.7 Å². The minimum atomic E-state index is -0.255. The second-order valence-electron chi connectivity index (χ2n) is 5.52. The quantitative estimate of drug-likeness (QED) is 0.757. The Balaban J connectivity index is 2.21. The maximum atomic E-state index is 9.57. The summed E-state index contributed by atoms with van der Waals surface area (Å²) in [6.07, 6.45) is 2.98. The topological polar surface area (TPSA) is 45.5 Å². The predicted octanol–water partition coefficient (Wildman–Crippen LogP) is 4.44. The van der Waals surface area contributed by atoms with Crippen molar-refractivity contribution in [2.45, 2.75) is 12.5 Å². The maximum Gasteiger partial charge on any atom is 0.180 e. The summed E-state index contributed by atoms with van der Waals surface area (Å²) in [5.74, 6) is 1.40. The first-order valence-electron chi connectivity index (χ1n) is 7.45. The summed E-state index contributed by atoms with van der Waals surface area (Å²) in [4.78, 5) is 1.73. The highest BCUT2D eigenvalue weighted by molar-refractivity contribution is 6.34. The molecule has 124 valence electrons. The smallest absolute Gasteiger partial charge is 0.180 e. The molecule has 3 rings (SSSR count). The van der Waals surface area contributed by atoms with Crippen LogP contribution in [0.4, 0.5) is 0 Å². The first kappa shape index (κ1) is 16.8. The van der Waals surface area contributed by atoms with Gasteiger partial charge in [0, 0.05) is 22.2 Å². The molecule has 24 heavy (non-hydrogen) atoms. The van der Waals surface area contributed by atoms with Gasteiger partial charge in [0.1, 0.15) is 0 Å². The minimum absolute atomic E-state index is 0.255. The van der Waals surface area contributed by atoms with Crippen LogP contribution in [0.1, 0.15) is 22.7 Å². The molecular weight excluding hydrogens is 347 g/mol. The third kappa shape index (κ3) is 2.86. The molecule has 2 aromatic carbocycles. The number of nitrogens with zero attached hydrogens (tertiary/aromatic N) is 2. The van der Waals surface area contributed by atoms with Crippen LogP contribution < -0.4 is 9.47 Å². The summed E-state index contributed by atoms with van der Waals surface area (Å²) in [5, 5.41) is 10.7. The van der Waals surface area contributed by atoms with Crippen molar-refractivity contribution in [3.05, 3.63) is 57.1 Å². The number of fused-ring (bicyclic) bond motifs is 1. The highest BCUT2D eigenvalue weighted by Gasteiger charge is 2.31. The normalized spacial score (nSPS) is 16.3. The first-order chi connectivity index (χ1) is 11.6. The summed E-state index contributed by atoms with van der Waals surface area (Å²) >= 11 is 12.3. The Labute approximate surface area is 151 Å². The van der Waals surface area contributed by atoms with Gasteiger partial charge >= 0.3 is 0 Å². The van der Waals surface area contributed by atoms with Crippen LogP contribution in [0, 0.1) is 11.5 Å². The molecule has 0 radical (unpaired) electrons. The molecule has 1 atom stereocenters. The molecule has 0 fully saturated rings. The Bertz CT molecular complexity index is 797. The SMILES string of the molecule is COc1ccc2c(c1OC)CCN(C#N)C2c1cc(Cl)cc(Cl)c1. The van der Waals surface area contributed by atoms with Gasteiger partial charge in [-0.25, -0.2) is 0 Å². The van der Waals surface area contributed by atoms with Crippen LogP contribution in [-0.2, 0) is 6.42 Å². The molecule has 0 saturated heterocycles. The molecule has 4 nitrogen and oxygen atoms in total. The molecule has 0 bridgehead atoms. The third-order valence-corrected chi connectivity index (χ3v) is 4.66. The van der Waals surface area contributed by atoms with E-state index in [1.807, 2.05) is 24.3 Å². The third-order valence-electron chi connectivity index (χ3n) is 4.22. The van der Waals surface area contributed by atoms with Crippen molar-refractivity contribution in [3.8, 4) is 17.7 Å². The molecule has 1 aliphatic heterocycles. The fourth-order valence-electron chi connectivity index (χ4n) is 3.25. The lowest BCUT2D eigenvalue weighted by Gasteiger charge is -2.35. The zero-order valence-electron chi connectivity index (χ0n) is 13.3. The molecule has 0 N–H and O–H groups in total. The number of hydrogen-bond acceptors (Lipinski definition) is 4. The predicted molar refractivity (Wildman–Crippen MR) is 93.9 cm³/mol.